The number of esters is 2. The predicted octanol–water partition coefficient (Wildman–Crippen LogP) is 12.1. The number of aryl methyl sites for hydroxylation is 2. The molecular weight excluding hydrogens is 911 g/mol. The summed E-state index contributed by atoms with van der Waals surface area (Å²) in [6, 6.07) is 21.6. The first-order chi connectivity index (χ1) is 35.0. The van der Waals surface area contributed by atoms with Crippen LogP contribution >= 0.6 is 0 Å². The fourth-order valence-corrected chi connectivity index (χ4v) is 7.86. The van der Waals surface area contributed by atoms with Crippen LogP contribution < -0.4 is 0 Å². The molecule has 0 heterocycles. The van der Waals surface area contributed by atoms with Crippen molar-refractivity contribution in [3.63, 3.8) is 0 Å². The Kier molecular flexibility index (Phi) is 23.2. The Labute approximate surface area is 424 Å². The highest BCUT2D eigenvalue weighted by Gasteiger charge is 2.22. The molecule has 10 heteroatoms. The molecular formula is C62H62F2O8. The number of carbonyl (C=O) groups excluding carboxylic acids is 2. The minimum absolute atomic E-state index is 0.0281. The molecule has 0 saturated heterocycles. The molecule has 0 spiro atoms. The van der Waals surface area contributed by atoms with Crippen molar-refractivity contribution in [2.45, 2.75) is 78.4 Å². The van der Waals surface area contributed by atoms with Crippen molar-refractivity contribution in [1.82, 2.24) is 0 Å². The molecule has 4 aromatic rings. The Morgan fingerprint density at radius 2 is 0.903 bits per heavy atom. The second-order valence-corrected chi connectivity index (χ2v) is 17.4. The summed E-state index contributed by atoms with van der Waals surface area (Å²) >= 11 is 0. The number of benzene rings is 4. The lowest BCUT2D eigenvalue weighted by molar-refractivity contribution is -0.140. The Hall–Kier alpha value is -7.60. The van der Waals surface area contributed by atoms with Gasteiger partial charge in [0.15, 0.2) is 13.6 Å². The second-order valence-electron chi connectivity index (χ2n) is 17.4. The van der Waals surface area contributed by atoms with Crippen LogP contribution in [0.15, 0.2) is 124 Å². The molecule has 8 nitrogen and oxygen atoms in total. The summed E-state index contributed by atoms with van der Waals surface area (Å²) in [5, 5.41) is 0. The van der Waals surface area contributed by atoms with E-state index in [0.717, 1.165) is 84.7 Å². The van der Waals surface area contributed by atoms with E-state index in [1.807, 2.05) is 50.2 Å². The molecule has 0 aliphatic heterocycles. The minimum Gasteiger partial charge on any atom is -0.476 e. The maximum Gasteiger partial charge on any atom is 0.330 e. The van der Waals surface area contributed by atoms with E-state index in [-0.39, 0.29) is 50.4 Å². The van der Waals surface area contributed by atoms with Crippen LogP contribution in [0.25, 0.3) is 0 Å². The zero-order valence-electron chi connectivity index (χ0n) is 41.3. The summed E-state index contributed by atoms with van der Waals surface area (Å²) in [6.07, 6.45) is 13.0. The van der Waals surface area contributed by atoms with E-state index in [2.05, 4.69) is 73.7 Å². The maximum atomic E-state index is 14.3. The van der Waals surface area contributed by atoms with Crippen molar-refractivity contribution < 1.29 is 46.8 Å². The number of rotatable bonds is 16. The predicted molar refractivity (Wildman–Crippen MR) is 276 cm³/mol. The average Bonchev–Trinajstić information content (AvgIpc) is 3.39. The van der Waals surface area contributed by atoms with Crippen molar-refractivity contribution in [3.05, 3.63) is 191 Å². The van der Waals surface area contributed by atoms with Crippen LogP contribution in [0.3, 0.4) is 0 Å². The van der Waals surface area contributed by atoms with Gasteiger partial charge in [0.05, 0.1) is 39.0 Å². The summed E-state index contributed by atoms with van der Waals surface area (Å²) in [5.74, 6) is 25.8. The van der Waals surface area contributed by atoms with E-state index in [1.165, 1.54) is 36.8 Å². The number of halogens is 2. The third-order valence-corrected chi connectivity index (χ3v) is 12.1. The van der Waals surface area contributed by atoms with E-state index < -0.39 is 0 Å². The summed E-state index contributed by atoms with van der Waals surface area (Å²) in [6.45, 7) is 18.9. The van der Waals surface area contributed by atoms with Crippen LogP contribution in [-0.4, -0.2) is 38.7 Å². The van der Waals surface area contributed by atoms with Gasteiger partial charge in [-0.3, -0.25) is 0 Å². The highest BCUT2D eigenvalue weighted by molar-refractivity contribution is 5.81. The van der Waals surface area contributed by atoms with Crippen LogP contribution in [0.4, 0.5) is 8.78 Å². The number of carbonyl (C=O) groups is 2. The van der Waals surface area contributed by atoms with Gasteiger partial charge in [-0.05, 0) is 149 Å². The molecule has 6 rings (SSSR count). The Morgan fingerprint density at radius 3 is 1.25 bits per heavy atom. The van der Waals surface area contributed by atoms with Gasteiger partial charge in [0.25, 0.3) is 0 Å². The topological polar surface area (TPSA) is 89.5 Å². The van der Waals surface area contributed by atoms with E-state index in [4.69, 9.17) is 28.4 Å². The molecule has 0 amide bonds. The molecule has 72 heavy (non-hydrogen) atoms. The molecule has 2 saturated carbocycles. The van der Waals surface area contributed by atoms with Crippen LogP contribution in [0.5, 0.6) is 0 Å². The molecule has 2 aliphatic rings. The van der Waals surface area contributed by atoms with Crippen LogP contribution in [0.1, 0.15) is 107 Å². The average molecular weight is 973 g/mol. The van der Waals surface area contributed by atoms with Gasteiger partial charge in [-0.25, -0.2) is 18.4 Å². The number of hydrogen-bond acceptors (Lipinski definition) is 8. The largest absolute Gasteiger partial charge is 0.476 e. The fourth-order valence-electron chi connectivity index (χ4n) is 7.86. The van der Waals surface area contributed by atoms with Crippen LogP contribution in [-0.2, 0) is 51.2 Å². The van der Waals surface area contributed by atoms with Crippen LogP contribution in [0.2, 0.25) is 0 Å². The van der Waals surface area contributed by atoms with Crippen LogP contribution in [0, 0.1) is 96.5 Å². The highest BCUT2D eigenvalue weighted by atomic mass is 19.1. The zero-order valence-corrected chi connectivity index (χ0v) is 41.3. The van der Waals surface area contributed by atoms with Gasteiger partial charge in [0.1, 0.15) is 11.6 Å². The first-order valence-corrected chi connectivity index (χ1v) is 24.0. The smallest absolute Gasteiger partial charge is 0.330 e. The lowest BCUT2D eigenvalue weighted by Crippen LogP contribution is -2.19. The summed E-state index contributed by atoms with van der Waals surface area (Å²) in [4.78, 5) is 22.4. The van der Waals surface area contributed by atoms with Gasteiger partial charge in [-0.15, -0.1) is 0 Å². The second kappa shape index (κ2) is 30.2. The highest BCUT2D eigenvalue weighted by Crippen LogP contribution is 2.30. The number of ether oxygens (including phenoxy) is 6. The molecule has 0 unspecified atom stereocenters. The van der Waals surface area contributed by atoms with E-state index in [9.17, 15) is 18.4 Å². The van der Waals surface area contributed by atoms with Gasteiger partial charge < -0.3 is 28.4 Å². The van der Waals surface area contributed by atoms with Crippen molar-refractivity contribution in [3.8, 4) is 47.4 Å². The van der Waals surface area contributed by atoms with E-state index in [1.54, 1.807) is 24.3 Å². The molecule has 2 fully saturated rings. The molecule has 2 aliphatic carbocycles. The minimum atomic E-state index is -0.366. The molecule has 4 aromatic carbocycles. The zero-order chi connectivity index (χ0) is 51.5. The lowest BCUT2D eigenvalue weighted by Gasteiger charge is -2.25. The first-order valence-electron chi connectivity index (χ1n) is 24.0. The third-order valence-electron chi connectivity index (χ3n) is 12.1. The Bertz CT molecular complexity index is 2590. The van der Waals surface area contributed by atoms with Crippen molar-refractivity contribution in [2.75, 3.05) is 26.8 Å². The van der Waals surface area contributed by atoms with Crippen molar-refractivity contribution >= 4 is 11.9 Å². The molecule has 0 radical (unpaired) electrons. The summed E-state index contributed by atoms with van der Waals surface area (Å²) < 4.78 is 59.1. The van der Waals surface area contributed by atoms with Crippen molar-refractivity contribution in [2.24, 2.45) is 23.7 Å². The quantitative estimate of drug-likeness (QED) is 0.0274. The van der Waals surface area contributed by atoms with Gasteiger partial charge in [0.2, 0.25) is 0 Å². The molecule has 0 atom stereocenters. The van der Waals surface area contributed by atoms with E-state index >= 15 is 0 Å². The monoisotopic (exact) mass is 972 g/mol. The summed E-state index contributed by atoms with van der Waals surface area (Å²) in [5.41, 5.74) is 7.78. The van der Waals surface area contributed by atoms with Crippen molar-refractivity contribution in [1.29, 1.82) is 0 Å². The lowest BCUT2D eigenvalue weighted by atomic mass is 9.82. The first kappa shape index (κ1) is 55.3. The number of hydrogen-bond donors (Lipinski definition) is 0. The van der Waals surface area contributed by atoms with Gasteiger partial charge in [0, 0.05) is 68.5 Å². The normalized spacial score (nSPS) is 16.5. The molecule has 0 bridgehead atoms. The standard InChI is InChI=1S/2C31H31FO4/c2*1-4-31(33)36-20-27-10-7-24(8-11-27)6-9-25-12-15-28(23(3)18-25)16-13-26-14-17-29(30(32)19-26)21-35-22-34-5-2/h2*4-5,12,14-15,17-19,24,27H,1-2,7-8,10-11,20-22H2,3H3. The van der Waals surface area contributed by atoms with Gasteiger partial charge in [-0.2, -0.15) is 0 Å². The molecule has 372 valence electrons. The van der Waals surface area contributed by atoms with Gasteiger partial charge >= 0.3 is 11.9 Å². The van der Waals surface area contributed by atoms with Gasteiger partial charge in [-0.1, -0.05) is 85.8 Å². The molecule has 0 N–H and O–H groups in total. The summed E-state index contributed by atoms with van der Waals surface area (Å²) in [7, 11) is 0. The maximum absolute atomic E-state index is 14.3. The fraction of sp³-hybridized carbons (Fsp3) is 0.323. The Balaban J connectivity index is 0.000000267. The Morgan fingerprint density at radius 1 is 0.528 bits per heavy atom. The molecule has 0 aromatic heterocycles. The third kappa shape index (κ3) is 19.3. The van der Waals surface area contributed by atoms with E-state index in [0.29, 0.717) is 59.1 Å². The SMILES string of the molecule is C=COCOCc1ccc(C#Cc2ccc(C#CC3CCC(COC(=O)C=C)CC3)cc2C)cc1F.C=COCOCc1ccc(C#Cc2ccc(C#CC3CCC(COC(=O)C=C)CC3)cc2C)cc1F.